The van der Waals surface area contributed by atoms with Crippen LogP contribution in [0.3, 0.4) is 0 Å². The fraction of sp³-hybridized carbons (Fsp3) is 0.474. The maximum absolute atomic E-state index is 12.6. The maximum atomic E-state index is 12.6. The van der Waals surface area contributed by atoms with Crippen LogP contribution in [0, 0.1) is 5.41 Å². The molecule has 126 valence electrons. The van der Waals surface area contributed by atoms with Gasteiger partial charge in [-0.2, -0.15) is 5.10 Å². The predicted molar refractivity (Wildman–Crippen MR) is 93.0 cm³/mol. The van der Waals surface area contributed by atoms with Gasteiger partial charge in [0.15, 0.2) is 0 Å². The van der Waals surface area contributed by atoms with Crippen LogP contribution in [-0.4, -0.2) is 46.8 Å². The highest BCUT2D eigenvalue weighted by atomic mass is 16.2. The number of carbonyl (C=O) groups excluding carboxylic acids is 1. The van der Waals surface area contributed by atoms with Crippen molar-refractivity contribution in [3.63, 3.8) is 0 Å². The summed E-state index contributed by atoms with van der Waals surface area (Å²) >= 11 is 0. The monoisotopic (exact) mass is 324 g/mol. The zero-order valence-electron chi connectivity index (χ0n) is 13.9. The Bertz CT molecular complexity index is 693. The number of carbonyl (C=O) groups is 1. The van der Waals surface area contributed by atoms with Gasteiger partial charge in [0.1, 0.15) is 0 Å². The Labute approximate surface area is 142 Å². The lowest BCUT2D eigenvalue weighted by atomic mass is 9.78. The first-order chi connectivity index (χ1) is 11.7. The van der Waals surface area contributed by atoms with Crippen LogP contribution in [0.1, 0.15) is 24.8 Å². The van der Waals surface area contributed by atoms with Gasteiger partial charge in [0.25, 0.3) is 0 Å². The van der Waals surface area contributed by atoms with E-state index in [-0.39, 0.29) is 5.91 Å². The normalized spacial score (nSPS) is 19.8. The molecule has 1 amide bonds. The third-order valence-electron chi connectivity index (χ3n) is 5.52. The number of rotatable bonds is 3. The van der Waals surface area contributed by atoms with Crippen LogP contribution in [0.15, 0.2) is 42.7 Å². The molecule has 1 aromatic carbocycles. The van der Waals surface area contributed by atoms with E-state index < -0.39 is 0 Å². The molecule has 24 heavy (non-hydrogen) atoms. The van der Waals surface area contributed by atoms with Gasteiger partial charge in [-0.1, -0.05) is 18.2 Å². The summed E-state index contributed by atoms with van der Waals surface area (Å²) in [6, 6.07) is 9.99. The molecule has 1 spiro atoms. The molecule has 0 unspecified atom stereocenters. The van der Waals surface area contributed by atoms with E-state index in [0.29, 0.717) is 11.8 Å². The smallest absolute Gasteiger partial charge is 0.227 e. The van der Waals surface area contributed by atoms with E-state index in [2.05, 4.69) is 10.4 Å². The number of para-hydroxylation sites is 1. The van der Waals surface area contributed by atoms with Crippen molar-refractivity contribution >= 4 is 5.91 Å². The SMILES string of the molecule is O=C(Cc1cnn(-c2ccccc2)c1)N1CCC2(CCNC2)CC1. The number of hydrogen-bond acceptors (Lipinski definition) is 3. The molecule has 2 aromatic rings. The summed E-state index contributed by atoms with van der Waals surface area (Å²) in [6.07, 6.45) is 7.73. The number of aromatic nitrogens is 2. The second-order valence-electron chi connectivity index (χ2n) is 7.11. The maximum Gasteiger partial charge on any atom is 0.227 e. The summed E-state index contributed by atoms with van der Waals surface area (Å²) in [4.78, 5) is 14.6. The Morgan fingerprint density at radius 3 is 2.67 bits per heavy atom. The molecule has 2 saturated heterocycles. The minimum atomic E-state index is 0.225. The molecular weight excluding hydrogens is 300 g/mol. The Morgan fingerprint density at radius 2 is 1.96 bits per heavy atom. The van der Waals surface area contributed by atoms with E-state index in [4.69, 9.17) is 0 Å². The van der Waals surface area contributed by atoms with Crippen LogP contribution in [0.2, 0.25) is 0 Å². The zero-order chi connectivity index (χ0) is 16.4. The summed E-state index contributed by atoms with van der Waals surface area (Å²) in [5.74, 6) is 0.225. The molecule has 5 nitrogen and oxygen atoms in total. The number of piperidine rings is 1. The topological polar surface area (TPSA) is 50.2 Å². The lowest BCUT2D eigenvalue weighted by Gasteiger charge is -2.38. The van der Waals surface area contributed by atoms with Gasteiger partial charge in [-0.25, -0.2) is 4.68 Å². The molecular formula is C19H24N4O. The molecule has 0 atom stereocenters. The fourth-order valence-corrected chi connectivity index (χ4v) is 3.91. The van der Waals surface area contributed by atoms with Gasteiger partial charge < -0.3 is 10.2 Å². The van der Waals surface area contributed by atoms with Gasteiger partial charge in [-0.3, -0.25) is 4.79 Å². The zero-order valence-corrected chi connectivity index (χ0v) is 13.9. The molecule has 0 saturated carbocycles. The summed E-state index contributed by atoms with van der Waals surface area (Å²) in [6.45, 7) is 4.05. The highest BCUT2D eigenvalue weighted by molar-refractivity contribution is 5.78. The van der Waals surface area contributed by atoms with Crippen molar-refractivity contribution in [3.8, 4) is 5.69 Å². The molecule has 0 radical (unpaired) electrons. The summed E-state index contributed by atoms with van der Waals surface area (Å²) in [5.41, 5.74) is 2.45. The summed E-state index contributed by atoms with van der Waals surface area (Å²) in [5, 5.41) is 7.85. The standard InChI is InChI=1S/C19H24N4O/c24-18(22-10-7-19(8-11-22)6-9-20-15-19)12-16-13-21-23(14-16)17-4-2-1-3-5-17/h1-5,13-14,20H,6-12,15H2. The number of likely N-dealkylation sites (tertiary alicyclic amines) is 1. The molecule has 0 aliphatic carbocycles. The molecule has 5 heteroatoms. The van der Waals surface area contributed by atoms with Gasteiger partial charge in [0.05, 0.1) is 18.3 Å². The van der Waals surface area contributed by atoms with Gasteiger partial charge in [-0.15, -0.1) is 0 Å². The summed E-state index contributed by atoms with van der Waals surface area (Å²) < 4.78 is 1.83. The minimum Gasteiger partial charge on any atom is -0.342 e. The van der Waals surface area contributed by atoms with Crippen molar-refractivity contribution in [3.05, 3.63) is 48.3 Å². The average Bonchev–Trinajstić information content (AvgIpc) is 3.26. The second kappa shape index (κ2) is 6.40. The molecule has 2 fully saturated rings. The van der Waals surface area contributed by atoms with Crippen molar-refractivity contribution < 1.29 is 4.79 Å². The van der Waals surface area contributed by atoms with Crippen LogP contribution >= 0.6 is 0 Å². The number of benzene rings is 1. The van der Waals surface area contributed by atoms with E-state index in [1.807, 2.05) is 46.1 Å². The van der Waals surface area contributed by atoms with E-state index in [1.54, 1.807) is 6.20 Å². The largest absolute Gasteiger partial charge is 0.342 e. The van der Waals surface area contributed by atoms with Crippen LogP contribution in [0.4, 0.5) is 0 Å². The molecule has 2 aliphatic heterocycles. The van der Waals surface area contributed by atoms with E-state index in [9.17, 15) is 4.79 Å². The Hall–Kier alpha value is -2.14. The number of hydrogen-bond donors (Lipinski definition) is 1. The Kier molecular flexibility index (Phi) is 4.10. The third-order valence-corrected chi connectivity index (χ3v) is 5.52. The predicted octanol–water partition coefficient (Wildman–Crippen LogP) is 2.02. The van der Waals surface area contributed by atoms with Crippen LogP contribution in [0.25, 0.3) is 5.69 Å². The second-order valence-corrected chi connectivity index (χ2v) is 7.11. The number of amides is 1. The van der Waals surface area contributed by atoms with Gasteiger partial charge >= 0.3 is 0 Å². The molecule has 2 aliphatic rings. The highest BCUT2D eigenvalue weighted by Gasteiger charge is 2.37. The first-order valence-electron chi connectivity index (χ1n) is 8.82. The van der Waals surface area contributed by atoms with Crippen LogP contribution in [0.5, 0.6) is 0 Å². The van der Waals surface area contributed by atoms with Crippen molar-refractivity contribution in [1.29, 1.82) is 0 Å². The molecule has 4 rings (SSSR count). The van der Waals surface area contributed by atoms with E-state index >= 15 is 0 Å². The van der Waals surface area contributed by atoms with Crippen LogP contribution in [-0.2, 0) is 11.2 Å². The van der Waals surface area contributed by atoms with Crippen molar-refractivity contribution in [1.82, 2.24) is 20.0 Å². The first-order valence-corrected chi connectivity index (χ1v) is 8.82. The summed E-state index contributed by atoms with van der Waals surface area (Å²) in [7, 11) is 0. The minimum absolute atomic E-state index is 0.225. The van der Waals surface area contributed by atoms with Gasteiger partial charge in [-0.05, 0) is 48.9 Å². The van der Waals surface area contributed by atoms with Crippen molar-refractivity contribution in [2.24, 2.45) is 5.41 Å². The van der Waals surface area contributed by atoms with Gasteiger partial charge in [0, 0.05) is 25.8 Å². The van der Waals surface area contributed by atoms with Crippen molar-refractivity contribution in [2.45, 2.75) is 25.7 Å². The molecule has 0 bridgehead atoms. The average molecular weight is 324 g/mol. The van der Waals surface area contributed by atoms with Gasteiger partial charge in [0.2, 0.25) is 5.91 Å². The van der Waals surface area contributed by atoms with E-state index in [0.717, 1.165) is 50.3 Å². The Balaban J connectivity index is 1.36. The number of nitrogens with zero attached hydrogens (tertiary/aromatic N) is 3. The van der Waals surface area contributed by atoms with E-state index in [1.165, 1.54) is 6.42 Å². The lowest BCUT2D eigenvalue weighted by molar-refractivity contribution is -0.132. The van der Waals surface area contributed by atoms with Crippen molar-refractivity contribution in [2.75, 3.05) is 26.2 Å². The molecule has 1 aromatic heterocycles. The first kappa shape index (κ1) is 15.4. The Morgan fingerprint density at radius 1 is 1.17 bits per heavy atom. The number of nitrogens with one attached hydrogen (secondary N) is 1. The highest BCUT2D eigenvalue weighted by Crippen LogP contribution is 2.36. The molecule has 3 heterocycles. The fourth-order valence-electron chi connectivity index (χ4n) is 3.91. The lowest BCUT2D eigenvalue weighted by Crippen LogP contribution is -2.44. The van der Waals surface area contributed by atoms with Crippen LogP contribution < -0.4 is 5.32 Å². The molecule has 1 N–H and O–H groups in total. The quantitative estimate of drug-likeness (QED) is 0.940. The third kappa shape index (κ3) is 3.08.